The van der Waals surface area contributed by atoms with Gasteiger partial charge in [0.15, 0.2) is 11.9 Å². The van der Waals surface area contributed by atoms with Crippen LogP contribution in [0.3, 0.4) is 0 Å². The highest BCUT2D eigenvalue weighted by Gasteiger charge is 2.17. The Morgan fingerprint density at radius 1 is 1.23 bits per heavy atom. The zero-order valence-electron chi connectivity index (χ0n) is 7.83. The van der Waals surface area contributed by atoms with Crippen molar-refractivity contribution in [1.82, 2.24) is 0 Å². The molecule has 5 nitrogen and oxygen atoms in total. The number of carbonyl (C=O) groups excluding carboxylic acids is 3. The number of hydrogen-bond donors (Lipinski definition) is 0. The van der Waals surface area contributed by atoms with Crippen molar-refractivity contribution in [3.8, 4) is 0 Å². The number of ketones is 1. The molecule has 0 fully saturated rings. The van der Waals surface area contributed by atoms with Crippen LogP contribution in [-0.4, -0.2) is 30.4 Å². The highest BCUT2D eigenvalue weighted by atomic mass is 16.6. The molecule has 0 aromatic rings. The standard InChI is InChI=1S/C8H12O5/c1-5(9)4-12-8(11)6(2)13-7(3)10/h6H,4H2,1-3H3. The smallest absolute Gasteiger partial charge is 0.347 e. The van der Waals surface area contributed by atoms with Gasteiger partial charge >= 0.3 is 11.9 Å². The molecule has 0 radical (unpaired) electrons. The van der Waals surface area contributed by atoms with Gasteiger partial charge in [-0.15, -0.1) is 0 Å². The fourth-order valence-electron chi connectivity index (χ4n) is 0.587. The Morgan fingerprint density at radius 3 is 2.15 bits per heavy atom. The monoisotopic (exact) mass is 188 g/mol. The fraction of sp³-hybridized carbons (Fsp3) is 0.625. The molecule has 0 bridgehead atoms. The van der Waals surface area contributed by atoms with Crippen molar-refractivity contribution in [3.63, 3.8) is 0 Å². The lowest BCUT2D eigenvalue weighted by Crippen LogP contribution is -2.26. The van der Waals surface area contributed by atoms with Gasteiger partial charge in [0.05, 0.1) is 0 Å². The van der Waals surface area contributed by atoms with Crippen LogP contribution in [0.2, 0.25) is 0 Å². The maximum absolute atomic E-state index is 10.9. The second-order valence-electron chi connectivity index (χ2n) is 2.56. The SMILES string of the molecule is CC(=O)COC(=O)C(C)OC(C)=O. The number of carbonyl (C=O) groups is 3. The Balaban J connectivity index is 3.82. The first kappa shape index (κ1) is 11.6. The Bertz CT molecular complexity index is 221. The second-order valence-corrected chi connectivity index (χ2v) is 2.56. The number of Topliss-reactive ketones (excluding diaryl/α,β-unsaturated/α-hetero) is 1. The molecule has 0 saturated carbocycles. The van der Waals surface area contributed by atoms with Crippen LogP contribution < -0.4 is 0 Å². The van der Waals surface area contributed by atoms with Gasteiger partial charge in [-0.05, 0) is 13.8 Å². The van der Waals surface area contributed by atoms with Crippen LogP contribution >= 0.6 is 0 Å². The molecule has 74 valence electrons. The highest BCUT2D eigenvalue weighted by Crippen LogP contribution is 1.95. The van der Waals surface area contributed by atoms with Crippen molar-refractivity contribution >= 4 is 17.7 Å². The van der Waals surface area contributed by atoms with Crippen LogP contribution in [0.1, 0.15) is 20.8 Å². The molecule has 0 heterocycles. The number of rotatable bonds is 4. The summed E-state index contributed by atoms with van der Waals surface area (Å²) in [4.78, 5) is 31.7. The van der Waals surface area contributed by atoms with Crippen molar-refractivity contribution in [1.29, 1.82) is 0 Å². The van der Waals surface area contributed by atoms with E-state index in [1.165, 1.54) is 20.8 Å². The molecule has 0 aromatic carbocycles. The van der Waals surface area contributed by atoms with E-state index in [1.54, 1.807) is 0 Å². The largest absolute Gasteiger partial charge is 0.455 e. The summed E-state index contributed by atoms with van der Waals surface area (Å²) >= 11 is 0. The van der Waals surface area contributed by atoms with E-state index in [-0.39, 0.29) is 12.4 Å². The van der Waals surface area contributed by atoms with Gasteiger partial charge < -0.3 is 9.47 Å². The zero-order valence-corrected chi connectivity index (χ0v) is 7.83. The molecule has 1 atom stereocenters. The lowest BCUT2D eigenvalue weighted by molar-refractivity contribution is -0.166. The molecule has 0 aromatic heterocycles. The van der Waals surface area contributed by atoms with Gasteiger partial charge in [-0.25, -0.2) is 4.79 Å². The summed E-state index contributed by atoms with van der Waals surface area (Å²) in [5, 5.41) is 0. The second kappa shape index (κ2) is 5.29. The zero-order chi connectivity index (χ0) is 10.4. The van der Waals surface area contributed by atoms with Gasteiger partial charge in [-0.1, -0.05) is 0 Å². The lowest BCUT2D eigenvalue weighted by Gasteiger charge is -2.09. The van der Waals surface area contributed by atoms with E-state index in [1.807, 2.05) is 0 Å². The van der Waals surface area contributed by atoms with E-state index in [0.29, 0.717) is 0 Å². The summed E-state index contributed by atoms with van der Waals surface area (Å²) in [5.41, 5.74) is 0. The first-order valence-electron chi connectivity index (χ1n) is 3.76. The van der Waals surface area contributed by atoms with E-state index in [2.05, 4.69) is 9.47 Å². The predicted molar refractivity (Wildman–Crippen MR) is 42.9 cm³/mol. The summed E-state index contributed by atoms with van der Waals surface area (Å²) in [6.45, 7) is 3.58. The molecule has 5 heteroatoms. The van der Waals surface area contributed by atoms with Crippen LogP contribution in [0.25, 0.3) is 0 Å². The minimum atomic E-state index is -0.961. The topological polar surface area (TPSA) is 69.7 Å². The third kappa shape index (κ3) is 5.84. The first-order chi connectivity index (χ1) is 5.93. The van der Waals surface area contributed by atoms with Crippen molar-refractivity contribution < 1.29 is 23.9 Å². The molecular weight excluding hydrogens is 176 g/mol. The van der Waals surface area contributed by atoms with E-state index in [4.69, 9.17) is 0 Å². The average molecular weight is 188 g/mol. The molecule has 1 unspecified atom stereocenters. The molecule has 0 spiro atoms. The van der Waals surface area contributed by atoms with E-state index < -0.39 is 18.0 Å². The number of hydrogen-bond acceptors (Lipinski definition) is 5. The van der Waals surface area contributed by atoms with Crippen LogP contribution in [0.15, 0.2) is 0 Å². The normalized spacial score (nSPS) is 11.6. The molecule has 0 rings (SSSR count). The maximum atomic E-state index is 10.9. The Labute approximate surface area is 76.0 Å². The summed E-state index contributed by atoms with van der Waals surface area (Å²) in [6.07, 6.45) is -0.961. The summed E-state index contributed by atoms with van der Waals surface area (Å²) in [6, 6.07) is 0. The number of ether oxygens (including phenoxy) is 2. The molecule has 0 amide bonds. The summed E-state index contributed by atoms with van der Waals surface area (Å²) in [7, 11) is 0. The maximum Gasteiger partial charge on any atom is 0.347 e. The Hall–Kier alpha value is -1.39. The highest BCUT2D eigenvalue weighted by molar-refractivity contribution is 5.82. The first-order valence-corrected chi connectivity index (χ1v) is 3.76. The third-order valence-electron chi connectivity index (χ3n) is 1.09. The summed E-state index contributed by atoms with van der Waals surface area (Å²) < 4.78 is 9.02. The van der Waals surface area contributed by atoms with Crippen molar-refractivity contribution in [2.45, 2.75) is 26.9 Å². The van der Waals surface area contributed by atoms with Gasteiger partial charge in [-0.3, -0.25) is 9.59 Å². The molecule has 0 saturated heterocycles. The minimum Gasteiger partial charge on any atom is -0.455 e. The number of esters is 2. The summed E-state index contributed by atoms with van der Waals surface area (Å²) in [5.74, 6) is -1.54. The van der Waals surface area contributed by atoms with Gasteiger partial charge in [0.25, 0.3) is 0 Å². The van der Waals surface area contributed by atoms with Crippen LogP contribution in [0.4, 0.5) is 0 Å². The quantitative estimate of drug-likeness (QED) is 0.584. The van der Waals surface area contributed by atoms with E-state index in [0.717, 1.165) is 0 Å². The van der Waals surface area contributed by atoms with Crippen LogP contribution in [-0.2, 0) is 23.9 Å². The molecule has 13 heavy (non-hydrogen) atoms. The van der Waals surface area contributed by atoms with Gasteiger partial charge in [0, 0.05) is 6.92 Å². The van der Waals surface area contributed by atoms with Crippen molar-refractivity contribution in [2.24, 2.45) is 0 Å². The Kier molecular flexibility index (Phi) is 4.72. The average Bonchev–Trinajstić information content (AvgIpc) is 1.98. The van der Waals surface area contributed by atoms with Crippen LogP contribution in [0, 0.1) is 0 Å². The molecule has 0 aliphatic heterocycles. The molecule has 0 aliphatic rings. The minimum absolute atomic E-state index is 0.261. The van der Waals surface area contributed by atoms with E-state index in [9.17, 15) is 14.4 Å². The van der Waals surface area contributed by atoms with E-state index >= 15 is 0 Å². The van der Waals surface area contributed by atoms with Gasteiger partial charge in [0.2, 0.25) is 0 Å². The molecule has 0 aliphatic carbocycles. The lowest BCUT2D eigenvalue weighted by atomic mass is 10.4. The van der Waals surface area contributed by atoms with Crippen LogP contribution in [0.5, 0.6) is 0 Å². The molecular formula is C8H12O5. The predicted octanol–water partition coefficient (Wildman–Crippen LogP) is 0.0702. The van der Waals surface area contributed by atoms with Crippen molar-refractivity contribution in [3.05, 3.63) is 0 Å². The van der Waals surface area contributed by atoms with Crippen molar-refractivity contribution in [2.75, 3.05) is 6.61 Å². The third-order valence-corrected chi connectivity index (χ3v) is 1.09. The fourth-order valence-corrected chi connectivity index (χ4v) is 0.587. The molecule has 0 N–H and O–H groups in total. The Morgan fingerprint density at radius 2 is 1.77 bits per heavy atom. The van der Waals surface area contributed by atoms with Gasteiger partial charge in [0.1, 0.15) is 6.61 Å². The van der Waals surface area contributed by atoms with Gasteiger partial charge in [-0.2, -0.15) is 0 Å².